The zero-order valence-electron chi connectivity index (χ0n) is 16.2. The van der Waals surface area contributed by atoms with Gasteiger partial charge in [-0.2, -0.15) is 0 Å². The van der Waals surface area contributed by atoms with Crippen LogP contribution in [0.1, 0.15) is 12.5 Å². The number of quaternary nitrogens is 1. The Kier molecular flexibility index (Phi) is 6.54. The van der Waals surface area contributed by atoms with E-state index in [1.54, 1.807) is 24.3 Å². The number of anilines is 3. The Hall–Kier alpha value is -2.57. The van der Waals surface area contributed by atoms with Gasteiger partial charge in [0.15, 0.2) is 6.54 Å². The molecule has 0 bridgehead atoms. The molecule has 3 rings (SSSR count). The first-order valence-electron chi connectivity index (χ1n) is 9.43. The van der Waals surface area contributed by atoms with Crippen molar-refractivity contribution in [2.45, 2.75) is 13.8 Å². The van der Waals surface area contributed by atoms with Gasteiger partial charge in [0.2, 0.25) is 5.91 Å². The molecule has 3 N–H and O–H groups in total. The molecule has 0 aromatic heterocycles. The molecule has 1 fully saturated rings. The summed E-state index contributed by atoms with van der Waals surface area (Å²) in [6, 6.07) is 13.1. The molecule has 0 atom stereocenters. The summed E-state index contributed by atoms with van der Waals surface area (Å²) in [6.07, 6.45) is 0. The van der Waals surface area contributed by atoms with Gasteiger partial charge in [-0.05, 0) is 48.9 Å². The van der Waals surface area contributed by atoms with Crippen LogP contribution in [-0.4, -0.2) is 44.5 Å². The second kappa shape index (κ2) is 9.08. The van der Waals surface area contributed by atoms with E-state index in [1.807, 2.05) is 18.2 Å². The second-order valence-corrected chi connectivity index (χ2v) is 7.59. The first-order valence-corrected chi connectivity index (χ1v) is 9.80. The molecule has 0 spiro atoms. The van der Waals surface area contributed by atoms with Crippen LogP contribution in [0.15, 0.2) is 42.5 Å². The third-order valence-electron chi connectivity index (χ3n) is 4.88. The van der Waals surface area contributed by atoms with E-state index in [0.717, 1.165) is 36.9 Å². The normalized spacial score (nSPS) is 14.6. The van der Waals surface area contributed by atoms with Crippen molar-refractivity contribution in [2.24, 2.45) is 0 Å². The minimum Gasteiger partial charge on any atom is -0.360 e. The fourth-order valence-corrected chi connectivity index (χ4v) is 3.60. The van der Waals surface area contributed by atoms with Gasteiger partial charge in [-0.25, -0.2) is 0 Å². The standard InChI is InChI=1S/C21H25ClN4O2/c1-15-3-4-17(22)13-20(15)26-11-9-25(10-12-26)14-21(28)24-19-7-5-18(6-8-19)23-16(2)27/h3-8,13H,9-12,14H2,1-2H3,(H,23,27)(H,24,28)/p+1. The van der Waals surface area contributed by atoms with Crippen molar-refractivity contribution >= 4 is 40.5 Å². The molecular weight excluding hydrogens is 376 g/mol. The average molecular weight is 402 g/mol. The molecule has 28 heavy (non-hydrogen) atoms. The lowest BCUT2D eigenvalue weighted by Gasteiger charge is -2.34. The van der Waals surface area contributed by atoms with Crippen LogP contribution in [0.3, 0.4) is 0 Å². The number of rotatable bonds is 5. The van der Waals surface area contributed by atoms with Crippen LogP contribution in [0, 0.1) is 6.92 Å². The lowest BCUT2D eigenvalue weighted by molar-refractivity contribution is -0.892. The summed E-state index contributed by atoms with van der Waals surface area (Å²) in [5, 5.41) is 6.38. The minimum atomic E-state index is -0.118. The summed E-state index contributed by atoms with van der Waals surface area (Å²) >= 11 is 6.14. The third-order valence-corrected chi connectivity index (χ3v) is 5.12. The van der Waals surface area contributed by atoms with Crippen molar-refractivity contribution < 1.29 is 14.5 Å². The van der Waals surface area contributed by atoms with Gasteiger partial charge < -0.3 is 20.4 Å². The smallest absolute Gasteiger partial charge is 0.279 e. The zero-order chi connectivity index (χ0) is 20.1. The zero-order valence-corrected chi connectivity index (χ0v) is 17.0. The first-order chi connectivity index (χ1) is 13.4. The van der Waals surface area contributed by atoms with Crippen LogP contribution < -0.4 is 20.4 Å². The number of amides is 2. The van der Waals surface area contributed by atoms with E-state index in [0.29, 0.717) is 12.2 Å². The molecule has 7 heteroatoms. The van der Waals surface area contributed by atoms with Crippen molar-refractivity contribution in [3.8, 4) is 0 Å². The van der Waals surface area contributed by atoms with E-state index in [1.165, 1.54) is 23.1 Å². The molecule has 2 aromatic rings. The summed E-state index contributed by atoms with van der Waals surface area (Å²) in [7, 11) is 0. The number of hydrogen-bond donors (Lipinski definition) is 3. The molecule has 0 unspecified atom stereocenters. The highest BCUT2D eigenvalue weighted by Gasteiger charge is 2.23. The van der Waals surface area contributed by atoms with Crippen molar-refractivity contribution in [1.82, 2.24) is 0 Å². The molecule has 1 aliphatic heterocycles. The second-order valence-electron chi connectivity index (χ2n) is 7.15. The van der Waals surface area contributed by atoms with Gasteiger partial charge in [-0.15, -0.1) is 0 Å². The van der Waals surface area contributed by atoms with Gasteiger partial charge in [0.05, 0.1) is 26.2 Å². The highest BCUT2D eigenvalue weighted by Crippen LogP contribution is 2.24. The first kappa shape index (κ1) is 20.2. The maximum Gasteiger partial charge on any atom is 0.279 e. The summed E-state index contributed by atoms with van der Waals surface area (Å²) in [5.74, 6) is -0.123. The van der Waals surface area contributed by atoms with Gasteiger partial charge in [0, 0.05) is 29.0 Å². The van der Waals surface area contributed by atoms with Gasteiger partial charge >= 0.3 is 0 Å². The predicted molar refractivity (Wildman–Crippen MR) is 113 cm³/mol. The highest BCUT2D eigenvalue weighted by atomic mass is 35.5. The van der Waals surface area contributed by atoms with Crippen LogP contribution in [0.4, 0.5) is 17.1 Å². The van der Waals surface area contributed by atoms with E-state index < -0.39 is 0 Å². The van der Waals surface area contributed by atoms with Crippen LogP contribution in [0.25, 0.3) is 0 Å². The minimum absolute atomic E-state index is 0.00494. The molecular formula is C21H26ClN4O2+. The molecule has 1 saturated heterocycles. The molecule has 6 nitrogen and oxygen atoms in total. The van der Waals surface area contributed by atoms with Crippen molar-refractivity contribution in [1.29, 1.82) is 0 Å². The maximum atomic E-state index is 12.4. The molecule has 0 aliphatic carbocycles. The predicted octanol–water partition coefficient (Wildman–Crippen LogP) is 1.95. The van der Waals surface area contributed by atoms with Crippen molar-refractivity contribution in [2.75, 3.05) is 48.3 Å². The van der Waals surface area contributed by atoms with Crippen LogP contribution in [0.5, 0.6) is 0 Å². The van der Waals surface area contributed by atoms with Gasteiger partial charge in [-0.1, -0.05) is 17.7 Å². The SMILES string of the molecule is CC(=O)Nc1ccc(NC(=O)C[NH+]2CCN(c3cc(Cl)ccc3C)CC2)cc1. The monoisotopic (exact) mass is 401 g/mol. The average Bonchev–Trinajstić information content (AvgIpc) is 2.65. The van der Waals surface area contributed by atoms with Crippen LogP contribution in [0.2, 0.25) is 5.02 Å². The maximum absolute atomic E-state index is 12.4. The highest BCUT2D eigenvalue weighted by molar-refractivity contribution is 6.30. The number of piperazine rings is 1. The number of aryl methyl sites for hydroxylation is 1. The Balaban J connectivity index is 1.48. The molecule has 2 amide bonds. The summed E-state index contributed by atoms with van der Waals surface area (Å²) in [5.41, 5.74) is 3.83. The van der Waals surface area contributed by atoms with Crippen LogP contribution >= 0.6 is 11.6 Å². The fraction of sp³-hybridized carbons (Fsp3) is 0.333. The quantitative estimate of drug-likeness (QED) is 0.717. The largest absolute Gasteiger partial charge is 0.360 e. The number of hydrogen-bond acceptors (Lipinski definition) is 3. The Labute approximate surface area is 170 Å². The molecule has 1 aliphatic rings. The Morgan fingerprint density at radius 1 is 1.04 bits per heavy atom. The Bertz CT molecular complexity index is 846. The Morgan fingerprint density at radius 3 is 2.25 bits per heavy atom. The van der Waals surface area contributed by atoms with Crippen LogP contribution in [-0.2, 0) is 9.59 Å². The lowest BCUT2D eigenvalue weighted by atomic mass is 10.1. The Morgan fingerprint density at radius 2 is 1.64 bits per heavy atom. The summed E-state index contributed by atoms with van der Waals surface area (Å²) < 4.78 is 0. The number of carbonyl (C=O) groups is 2. The van der Waals surface area contributed by atoms with Crippen molar-refractivity contribution in [3.63, 3.8) is 0 Å². The number of nitrogens with one attached hydrogen (secondary N) is 3. The van der Waals surface area contributed by atoms with E-state index in [9.17, 15) is 9.59 Å². The summed E-state index contributed by atoms with van der Waals surface area (Å²) in [6.45, 7) is 7.60. The summed E-state index contributed by atoms with van der Waals surface area (Å²) in [4.78, 5) is 27.0. The van der Waals surface area contributed by atoms with E-state index in [-0.39, 0.29) is 11.8 Å². The number of benzene rings is 2. The van der Waals surface area contributed by atoms with Crippen molar-refractivity contribution in [3.05, 3.63) is 53.1 Å². The van der Waals surface area contributed by atoms with Gasteiger partial charge in [0.25, 0.3) is 5.91 Å². The lowest BCUT2D eigenvalue weighted by Crippen LogP contribution is -3.15. The molecule has 1 heterocycles. The van der Waals surface area contributed by atoms with Gasteiger partial charge in [-0.3, -0.25) is 9.59 Å². The number of carbonyl (C=O) groups excluding carboxylic acids is 2. The fourth-order valence-electron chi connectivity index (χ4n) is 3.44. The molecule has 2 aromatic carbocycles. The molecule has 0 radical (unpaired) electrons. The van der Waals surface area contributed by atoms with E-state index >= 15 is 0 Å². The topological polar surface area (TPSA) is 65.9 Å². The molecule has 148 valence electrons. The van der Waals surface area contributed by atoms with Gasteiger partial charge in [0.1, 0.15) is 0 Å². The number of nitrogens with zero attached hydrogens (tertiary/aromatic N) is 1. The van der Waals surface area contributed by atoms with E-state index in [4.69, 9.17) is 11.6 Å². The number of halogens is 1. The van der Waals surface area contributed by atoms with E-state index in [2.05, 4.69) is 22.5 Å². The third kappa shape index (κ3) is 5.47. The molecule has 0 saturated carbocycles.